The third-order valence-electron chi connectivity index (χ3n) is 4.18. The van der Waals surface area contributed by atoms with E-state index >= 15 is 0 Å². The van der Waals surface area contributed by atoms with Crippen LogP contribution in [0.3, 0.4) is 0 Å². The Kier molecular flexibility index (Phi) is 4.75. The maximum absolute atomic E-state index is 12.2. The maximum Gasteiger partial charge on any atom is 0.289 e. The van der Waals surface area contributed by atoms with Crippen molar-refractivity contribution in [2.75, 3.05) is 0 Å². The maximum atomic E-state index is 12.2. The molecule has 1 aromatic heterocycles. The van der Waals surface area contributed by atoms with Crippen molar-refractivity contribution in [2.24, 2.45) is 5.10 Å². The van der Waals surface area contributed by atoms with Crippen LogP contribution >= 0.6 is 0 Å². The molecule has 0 fully saturated rings. The number of hydrogen-bond donors (Lipinski definition) is 2. The number of aromatic amines is 1. The minimum absolute atomic E-state index is 0.326. The molecule has 0 spiro atoms. The van der Waals surface area contributed by atoms with E-state index in [1.165, 1.54) is 11.1 Å². The van der Waals surface area contributed by atoms with Gasteiger partial charge in [-0.25, -0.2) is 5.43 Å². The molecule has 0 saturated heterocycles. The van der Waals surface area contributed by atoms with E-state index in [1.54, 1.807) is 12.3 Å². The second-order valence-corrected chi connectivity index (χ2v) is 6.02. The van der Waals surface area contributed by atoms with Crippen molar-refractivity contribution < 1.29 is 4.79 Å². The number of nitrogens with zero attached hydrogens (tertiary/aromatic N) is 2. The van der Waals surface area contributed by atoms with Crippen molar-refractivity contribution in [1.29, 1.82) is 0 Å². The van der Waals surface area contributed by atoms with Crippen molar-refractivity contribution in [2.45, 2.75) is 20.8 Å². The van der Waals surface area contributed by atoms with Crippen LogP contribution in [0.4, 0.5) is 0 Å². The minimum Gasteiger partial charge on any atom is -0.272 e. The van der Waals surface area contributed by atoms with E-state index in [4.69, 9.17) is 0 Å². The van der Waals surface area contributed by atoms with Crippen LogP contribution in [0.15, 0.2) is 53.6 Å². The lowest BCUT2D eigenvalue weighted by molar-refractivity contribution is 0.0950. The second-order valence-electron chi connectivity index (χ2n) is 6.02. The molecule has 0 atom stereocenters. The van der Waals surface area contributed by atoms with Crippen LogP contribution in [0.25, 0.3) is 11.3 Å². The minimum atomic E-state index is -0.326. The highest BCUT2D eigenvalue weighted by Crippen LogP contribution is 2.20. The van der Waals surface area contributed by atoms with Crippen molar-refractivity contribution in [3.05, 3.63) is 76.5 Å². The number of hydrazone groups is 1. The molecule has 0 aliphatic heterocycles. The smallest absolute Gasteiger partial charge is 0.272 e. The molecular weight excluding hydrogens is 312 g/mol. The number of H-pyrrole nitrogens is 1. The monoisotopic (exact) mass is 332 g/mol. The highest BCUT2D eigenvalue weighted by Gasteiger charge is 2.10. The van der Waals surface area contributed by atoms with Crippen LogP contribution in [0.2, 0.25) is 0 Å². The van der Waals surface area contributed by atoms with Crippen molar-refractivity contribution in [3.8, 4) is 11.3 Å². The quantitative estimate of drug-likeness (QED) is 0.564. The van der Waals surface area contributed by atoms with Crippen molar-refractivity contribution >= 4 is 12.1 Å². The number of nitrogens with one attached hydrogen (secondary N) is 2. The Hall–Kier alpha value is -3.21. The fourth-order valence-corrected chi connectivity index (χ4v) is 2.44. The van der Waals surface area contributed by atoms with E-state index in [0.29, 0.717) is 5.69 Å². The molecule has 0 aliphatic carbocycles. The standard InChI is InChI=1S/C20H20N4O/c1-13-8-9-16(10-15(13)3)18-11-19(23-22-18)20(25)24-21-12-17-7-5-4-6-14(17)2/h4-12H,1-3H3,(H,22,23)(H,24,25)/b21-12-. The third kappa shape index (κ3) is 3.83. The lowest BCUT2D eigenvalue weighted by Crippen LogP contribution is -2.18. The van der Waals surface area contributed by atoms with Crippen LogP contribution in [0.5, 0.6) is 0 Å². The summed E-state index contributed by atoms with van der Waals surface area (Å²) in [4.78, 5) is 12.2. The SMILES string of the molecule is Cc1ccc(-c2cc(C(=O)N/N=C\c3ccccc3C)[nH]n2)cc1C. The molecule has 1 amide bonds. The summed E-state index contributed by atoms with van der Waals surface area (Å²) in [5.41, 5.74) is 9.07. The zero-order valence-corrected chi connectivity index (χ0v) is 14.5. The number of amides is 1. The van der Waals surface area contributed by atoms with Crippen LogP contribution in [-0.2, 0) is 0 Å². The van der Waals surface area contributed by atoms with Crippen LogP contribution < -0.4 is 5.43 Å². The summed E-state index contributed by atoms with van der Waals surface area (Å²) < 4.78 is 0. The Balaban J connectivity index is 1.70. The molecule has 0 aliphatic rings. The average Bonchev–Trinajstić information content (AvgIpc) is 3.09. The molecule has 0 radical (unpaired) electrons. The first-order valence-corrected chi connectivity index (χ1v) is 8.06. The molecular formula is C20H20N4O. The number of aryl methyl sites for hydroxylation is 3. The zero-order chi connectivity index (χ0) is 17.8. The van der Waals surface area contributed by atoms with E-state index in [9.17, 15) is 4.79 Å². The van der Waals surface area contributed by atoms with Gasteiger partial charge in [-0.3, -0.25) is 9.89 Å². The second kappa shape index (κ2) is 7.13. The fourth-order valence-electron chi connectivity index (χ4n) is 2.44. The predicted octanol–water partition coefficient (Wildman–Crippen LogP) is 3.77. The number of rotatable bonds is 4. The van der Waals surface area contributed by atoms with Gasteiger partial charge in [-0.2, -0.15) is 10.2 Å². The average molecular weight is 332 g/mol. The third-order valence-corrected chi connectivity index (χ3v) is 4.18. The first-order valence-electron chi connectivity index (χ1n) is 8.06. The lowest BCUT2D eigenvalue weighted by atomic mass is 10.0. The normalized spacial score (nSPS) is 11.0. The molecule has 2 N–H and O–H groups in total. The Labute approximate surface area is 146 Å². The molecule has 25 heavy (non-hydrogen) atoms. The van der Waals surface area contributed by atoms with Crippen LogP contribution in [-0.4, -0.2) is 22.3 Å². The Morgan fingerprint density at radius 3 is 2.60 bits per heavy atom. The number of carbonyl (C=O) groups is 1. The first-order chi connectivity index (χ1) is 12.0. The predicted molar refractivity (Wildman–Crippen MR) is 99.7 cm³/mol. The number of hydrogen-bond acceptors (Lipinski definition) is 3. The molecule has 126 valence electrons. The fraction of sp³-hybridized carbons (Fsp3) is 0.150. The molecule has 3 rings (SSSR count). The van der Waals surface area contributed by atoms with Gasteiger partial charge in [-0.15, -0.1) is 0 Å². The van der Waals surface area contributed by atoms with Crippen molar-refractivity contribution in [3.63, 3.8) is 0 Å². The number of aromatic nitrogens is 2. The summed E-state index contributed by atoms with van der Waals surface area (Å²) in [6.07, 6.45) is 1.63. The number of benzene rings is 2. The van der Waals surface area contributed by atoms with E-state index < -0.39 is 0 Å². The summed E-state index contributed by atoms with van der Waals surface area (Å²) in [7, 11) is 0. The van der Waals surface area contributed by atoms with E-state index in [2.05, 4.69) is 40.6 Å². The highest BCUT2D eigenvalue weighted by molar-refractivity contribution is 5.94. The van der Waals surface area contributed by atoms with Gasteiger partial charge in [0, 0.05) is 5.56 Å². The van der Waals surface area contributed by atoms with E-state index in [0.717, 1.165) is 22.4 Å². The van der Waals surface area contributed by atoms with Gasteiger partial charge in [0.2, 0.25) is 0 Å². The van der Waals surface area contributed by atoms with Crippen LogP contribution in [0, 0.1) is 20.8 Å². The molecule has 5 heteroatoms. The van der Waals surface area contributed by atoms with Gasteiger partial charge in [0.05, 0.1) is 11.9 Å². The molecule has 2 aromatic carbocycles. The Morgan fingerprint density at radius 2 is 1.84 bits per heavy atom. The molecule has 5 nitrogen and oxygen atoms in total. The molecule has 0 bridgehead atoms. The Morgan fingerprint density at radius 1 is 1.04 bits per heavy atom. The van der Waals surface area contributed by atoms with E-state index in [-0.39, 0.29) is 5.91 Å². The van der Waals surface area contributed by atoms with E-state index in [1.807, 2.05) is 43.3 Å². The van der Waals surface area contributed by atoms with Crippen LogP contribution in [0.1, 0.15) is 32.7 Å². The summed E-state index contributed by atoms with van der Waals surface area (Å²) in [5, 5.41) is 11.0. The zero-order valence-electron chi connectivity index (χ0n) is 14.5. The number of carbonyl (C=O) groups excluding carboxylic acids is 1. The van der Waals surface area contributed by atoms with Crippen molar-refractivity contribution in [1.82, 2.24) is 15.6 Å². The topological polar surface area (TPSA) is 70.1 Å². The Bertz CT molecular complexity index is 940. The largest absolute Gasteiger partial charge is 0.289 e. The summed E-state index contributed by atoms with van der Waals surface area (Å²) in [5.74, 6) is -0.326. The lowest BCUT2D eigenvalue weighted by Gasteiger charge is -2.01. The van der Waals surface area contributed by atoms with Gasteiger partial charge in [-0.1, -0.05) is 36.4 Å². The summed E-state index contributed by atoms with van der Waals surface area (Å²) >= 11 is 0. The van der Waals surface area contributed by atoms with Gasteiger partial charge < -0.3 is 0 Å². The first kappa shape index (κ1) is 16.6. The molecule has 0 saturated carbocycles. The van der Waals surface area contributed by atoms with Gasteiger partial charge in [-0.05, 0) is 55.2 Å². The molecule has 1 heterocycles. The van der Waals surface area contributed by atoms with Gasteiger partial charge in [0.25, 0.3) is 5.91 Å². The summed E-state index contributed by atoms with van der Waals surface area (Å²) in [6, 6.07) is 15.7. The molecule has 3 aromatic rings. The van der Waals surface area contributed by atoms with Gasteiger partial charge >= 0.3 is 0 Å². The van der Waals surface area contributed by atoms with Gasteiger partial charge in [0.15, 0.2) is 0 Å². The van der Waals surface area contributed by atoms with Gasteiger partial charge in [0.1, 0.15) is 5.69 Å². The summed E-state index contributed by atoms with van der Waals surface area (Å²) in [6.45, 7) is 6.11. The molecule has 0 unspecified atom stereocenters. The highest BCUT2D eigenvalue weighted by atomic mass is 16.2.